The number of amides is 1. The van der Waals surface area contributed by atoms with Crippen LogP contribution in [0.15, 0.2) is 36.9 Å². The number of alkyl halides is 3. The fourth-order valence-corrected chi connectivity index (χ4v) is 2.55. The van der Waals surface area contributed by atoms with E-state index in [0.717, 1.165) is 43.6 Å². The lowest BCUT2D eigenvalue weighted by Crippen LogP contribution is -2.43. The van der Waals surface area contributed by atoms with E-state index in [4.69, 9.17) is 0 Å². The highest BCUT2D eigenvalue weighted by atomic mass is 19.4. The zero-order valence-corrected chi connectivity index (χ0v) is 12.2. The van der Waals surface area contributed by atoms with Gasteiger partial charge in [0, 0.05) is 25.7 Å². The highest BCUT2D eigenvalue weighted by Crippen LogP contribution is 2.29. The molecule has 0 unspecified atom stereocenters. The molecule has 0 aliphatic carbocycles. The minimum Gasteiger partial charge on any atom is -0.350 e. The number of rotatable bonds is 4. The van der Waals surface area contributed by atoms with Crippen molar-refractivity contribution in [2.24, 2.45) is 0 Å². The number of halogens is 3. The third-order valence-corrected chi connectivity index (χ3v) is 3.81. The van der Waals surface area contributed by atoms with Crippen LogP contribution in [0.4, 0.5) is 13.2 Å². The van der Waals surface area contributed by atoms with E-state index in [1.807, 2.05) is 0 Å². The average molecular weight is 312 g/mol. The van der Waals surface area contributed by atoms with Crippen LogP contribution >= 0.6 is 0 Å². The maximum Gasteiger partial charge on any atom is 0.416 e. The van der Waals surface area contributed by atoms with E-state index in [2.05, 4.69) is 16.8 Å². The number of carbonyl (C=O) groups is 1. The molecule has 6 heteroatoms. The molecule has 1 fully saturated rings. The summed E-state index contributed by atoms with van der Waals surface area (Å²) in [5.74, 6) is -0.166. The quantitative estimate of drug-likeness (QED) is 0.867. The number of hydrogen-bond donors (Lipinski definition) is 1. The summed E-state index contributed by atoms with van der Waals surface area (Å²) < 4.78 is 37.5. The summed E-state index contributed by atoms with van der Waals surface area (Å²) in [6, 6.07) is 5.43. The second kappa shape index (κ2) is 6.96. The molecule has 1 saturated heterocycles. The van der Waals surface area contributed by atoms with Crippen LogP contribution in [0.2, 0.25) is 0 Å². The van der Waals surface area contributed by atoms with Crippen molar-refractivity contribution in [1.82, 2.24) is 10.2 Å². The third-order valence-electron chi connectivity index (χ3n) is 3.81. The summed E-state index contributed by atoms with van der Waals surface area (Å²) in [5.41, 5.74) is 0.240. The Bertz CT molecular complexity index is 517. The molecule has 120 valence electrons. The van der Waals surface area contributed by atoms with Crippen molar-refractivity contribution in [3.63, 3.8) is 0 Å². The fourth-order valence-electron chi connectivity index (χ4n) is 2.55. The van der Waals surface area contributed by atoms with Gasteiger partial charge in [0.1, 0.15) is 0 Å². The lowest BCUT2D eigenvalue weighted by Gasteiger charge is -2.32. The Morgan fingerprint density at radius 2 is 1.86 bits per heavy atom. The molecule has 3 nitrogen and oxygen atoms in total. The topological polar surface area (TPSA) is 32.3 Å². The maximum absolute atomic E-state index is 12.5. The SMILES string of the molecule is C=CC(=O)NC1CCN(Cc2ccc(C(F)(F)F)cc2)CC1. The molecular weight excluding hydrogens is 293 g/mol. The number of benzene rings is 1. The second-order valence-electron chi connectivity index (χ2n) is 5.46. The predicted molar refractivity (Wildman–Crippen MR) is 78.1 cm³/mol. The van der Waals surface area contributed by atoms with Crippen molar-refractivity contribution < 1.29 is 18.0 Å². The summed E-state index contributed by atoms with van der Waals surface area (Å²) in [6.07, 6.45) is -1.37. The molecule has 0 radical (unpaired) electrons. The van der Waals surface area contributed by atoms with Crippen LogP contribution in [0, 0.1) is 0 Å². The van der Waals surface area contributed by atoms with E-state index in [1.165, 1.54) is 18.2 Å². The standard InChI is InChI=1S/C16H19F3N2O/c1-2-15(22)20-14-7-9-21(10-8-14)11-12-3-5-13(6-4-12)16(17,18)19/h2-6,14H,1,7-11H2,(H,20,22). The van der Waals surface area contributed by atoms with Crippen molar-refractivity contribution >= 4 is 5.91 Å². The summed E-state index contributed by atoms with van der Waals surface area (Å²) in [4.78, 5) is 13.4. The van der Waals surface area contributed by atoms with Crippen LogP contribution < -0.4 is 5.32 Å². The zero-order chi connectivity index (χ0) is 16.2. The van der Waals surface area contributed by atoms with Crippen molar-refractivity contribution in [1.29, 1.82) is 0 Å². The third kappa shape index (κ3) is 4.59. The molecule has 1 aliphatic rings. The number of piperidine rings is 1. The van der Waals surface area contributed by atoms with Crippen molar-refractivity contribution in [2.45, 2.75) is 31.6 Å². The molecular formula is C16H19F3N2O. The van der Waals surface area contributed by atoms with Crippen LogP contribution in [0.5, 0.6) is 0 Å². The van der Waals surface area contributed by atoms with Crippen LogP contribution in [0.25, 0.3) is 0 Å². The van der Waals surface area contributed by atoms with Gasteiger partial charge in [-0.15, -0.1) is 0 Å². The number of nitrogens with zero attached hydrogens (tertiary/aromatic N) is 1. The summed E-state index contributed by atoms with van der Waals surface area (Å²) in [5, 5.41) is 2.87. The van der Waals surface area contributed by atoms with Gasteiger partial charge in [0.15, 0.2) is 0 Å². The lowest BCUT2D eigenvalue weighted by molar-refractivity contribution is -0.137. The molecule has 1 aliphatic heterocycles. The Labute approximate surface area is 127 Å². The van der Waals surface area contributed by atoms with E-state index in [1.54, 1.807) is 0 Å². The largest absolute Gasteiger partial charge is 0.416 e. The first-order chi connectivity index (χ1) is 10.4. The lowest BCUT2D eigenvalue weighted by atomic mass is 10.0. The highest BCUT2D eigenvalue weighted by molar-refractivity contribution is 5.87. The van der Waals surface area contributed by atoms with Crippen LogP contribution in [0.1, 0.15) is 24.0 Å². The molecule has 22 heavy (non-hydrogen) atoms. The Kier molecular flexibility index (Phi) is 5.24. The van der Waals surface area contributed by atoms with Crippen molar-refractivity contribution in [2.75, 3.05) is 13.1 Å². The van der Waals surface area contributed by atoms with E-state index >= 15 is 0 Å². The molecule has 0 atom stereocenters. The Morgan fingerprint density at radius 1 is 1.27 bits per heavy atom. The van der Waals surface area contributed by atoms with Crippen LogP contribution in [-0.2, 0) is 17.5 Å². The number of nitrogens with one attached hydrogen (secondary N) is 1. The van der Waals surface area contributed by atoms with Crippen molar-refractivity contribution in [3.05, 3.63) is 48.0 Å². The minimum absolute atomic E-state index is 0.148. The van der Waals surface area contributed by atoms with Gasteiger partial charge in [0.25, 0.3) is 0 Å². The van der Waals surface area contributed by atoms with E-state index in [9.17, 15) is 18.0 Å². The van der Waals surface area contributed by atoms with Crippen LogP contribution in [-0.4, -0.2) is 29.9 Å². The van der Waals surface area contributed by atoms with Crippen molar-refractivity contribution in [3.8, 4) is 0 Å². The number of hydrogen-bond acceptors (Lipinski definition) is 2. The van der Waals surface area contributed by atoms with Gasteiger partial charge in [-0.05, 0) is 36.6 Å². The van der Waals surface area contributed by atoms with Gasteiger partial charge >= 0.3 is 6.18 Å². The normalized spacial score (nSPS) is 17.2. The van der Waals surface area contributed by atoms with Gasteiger partial charge in [-0.2, -0.15) is 13.2 Å². The molecule has 1 heterocycles. The van der Waals surface area contributed by atoms with Gasteiger partial charge < -0.3 is 5.32 Å². The molecule has 1 aromatic rings. The zero-order valence-electron chi connectivity index (χ0n) is 12.2. The average Bonchev–Trinajstić information content (AvgIpc) is 2.49. The number of likely N-dealkylation sites (tertiary alicyclic amines) is 1. The Hall–Kier alpha value is -1.82. The first-order valence-corrected chi connectivity index (χ1v) is 7.20. The Balaban J connectivity index is 1.83. The highest BCUT2D eigenvalue weighted by Gasteiger charge is 2.30. The molecule has 0 aromatic heterocycles. The van der Waals surface area contributed by atoms with E-state index in [0.29, 0.717) is 6.54 Å². The molecule has 1 amide bonds. The van der Waals surface area contributed by atoms with Gasteiger partial charge in [-0.25, -0.2) is 0 Å². The first kappa shape index (κ1) is 16.5. The maximum atomic E-state index is 12.5. The van der Waals surface area contributed by atoms with E-state index < -0.39 is 11.7 Å². The van der Waals surface area contributed by atoms with Crippen LogP contribution in [0.3, 0.4) is 0 Å². The van der Waals surface area contributed by atoms with Gasteiger partial charge in [-0.1, -0.05) is 18.7 Å². The smallest absolute Gasteiger partial charge is 0.350 e. The fraction of sp³-hybridized carbons (Fsp3) is 0.438. The molecule has 1 aromatic carbocycles. The number of carbonyl (C=O) groups excluding carboxylic acids is 1. The summed E-state index contributed by atoms with van der Waals surface area (Å²) in [6.45, 7) is 5.66. The van der Waals surface area contributed by atoms with E-state index in [-0.39, 0.29) is 11.9 Å². The summed E-state index contributed by atoms with van der Waals surface area (Å²) in [7, 11) is 0. The second-order valence-corrected chi connectivity index (χ2v) is 5.46. The van der Waals surface area contributed by atoms with Gasteiger partial charge in [-0.3, -0.25) is 9.69 Å². The molecule has 0 saturated carbocycles. The summed E-state index contributed by atoms with van der Waals surface area (Å²) >= 11 is 0. The molecule has 2 rings (SSSR count). The van der Waals surface area contributed by atoms with Gasteiger partial charge in [0.05, 0.1) is 5.56 Å². The monoisotopic (exact) mass is 312 g/mol. The first-order valence-electron chi connectivity index (χ1n) is 7.20. The minimum atomic E-state index is -4.29. The molecule has 0 spiro atoms. The van der Waals surface area contributed by atoms with Gasteiger partial charge in [0.2, 0.25) is 5.91 Å². The predicted octanol–water partition coefficient (Wildman–Crippen LogP) is 2.97. The molecule has 1 N–H and O–H groups in total. The Morgan fingerprint density at radius 3 is 2.36 bits per heavy atom. The molecule has 0 bridgehead atoms.